The monoisotopic (exact) mass is 297 g/mol. The molecule has 112 valence electrons. The highest BCUT2D eigenvalue weighted by Gasteiger charge is 2.38. The van der Waals surface area contributed by atoms with Gasteiger partial charge >= 0.3 is 0 Å². The van der Waals surface area contributed by atoms with E-state index in [1.54, 1.807) is 12.1 Å². The van der Waals surface area contributed by atoms with Crippen LogP contribution in [-0.4, -0.2) is 6.04 Å². The van der Waals surface area contributed by atoms with Gasteiger partial charge in [0.1, 0.15) is 5.82 Å². The molecule has 20 heavy (non-hydrogen) atoms. The minimum absolute atomic E-state index is 0.184. The summed E-state index contributed by atoms with van der Waals surface area (Å²) in [5, 5.41) is 4.11. The summed E-state index contributed by atoms with van der Waals surface area (Å²) in [5.74, 6) is -0.184. The van der Waals surface area contributed by atoms with Gasteiger partial charge in [-0.1, -0.05) is 39.3 Å². The van der Waals surface area contributed by atoms with E-state index in [1.807, 2.05) is 0 Å². The molecular formula is C17H25ClFN. The van der Waals surface area contributed by atoms with E-state index in [1.165, 1.54) is 12.5 Å². The fourth-order valence-electron chi connectivity index (χ4n) is 3.92. The molecule has 2 rings (SSSR count). The average Bonchev–Trinajstić information content (AvgIpc) is 2.26. The predicted octanol–water partition coefficient (Wildman–Crippen LogP) is 5.17. The lowest BCUT2D eigenvalue weighted by atomic mass is 9.63. The van der Waals surface area contributed by atoms with Crippen LogP contribution < -0.4 is 5.32 Å². The predicted molar refractivity (Wildman–Crippen MR) is 83.5 cm³/mol. The zero-order valence-electron chi connectivity index (χ0n) is 12.9. The zero-order chi connectivity index (χ0) is 15.0. The third kappa shape index (κ3) is 4.20. The smallest absolute Gasteiger partial charge is 0.127 e. The maximum Gasteiger partial charge on any atom is 0.127 e. The second kappa shape index (κ2) is 5.65. The first-order valence-electron chi connectivity index (χ1n) is 7.34. The van der Waals surface area contributed by atoms with E-state index in [0.29, 0.717) is 34.0 Å². The topological polar surface area (TPSA) is 12.0 Å². The standard InChI is InChI=1S/C17H25ClFN/c1-16(2)8-14(9-17(3,4)11-16)20-10-12-7-13(18)5-6-15(12)19/h5-7,14,20H,8-11H2,1-4H3. The Morgan fingerprint density at radius 2 is 1.80 bits per heavy atom. The van der Waals surface area contributed by atoms with Gasteiger partial charge in [-0.25, -0.2) is 4.39 Å². The molecule has 1 saturated carbocycles. The van der Waals surface area contributed by atoms with Crippen molar-refractivity contribution in [3.8, 4) is 0 Å². The Labute approximate surface area is 126 Å². The first-order chi connectivity index (χ1) is 9.17. The third-order valence-electron chi connectivity index (χ3n) is 4.14. The molecule has 1 N–H and O–H groups in total. The van der Waals surface area contributed by atoms with Crippen LogP contribution in [0.15, 0.2) is 18.2 Å². The van der Waals surface area contributed by atoms with E-state index in [4.69, 9.17) is 11.6 Å². The first-order valence-corrected chi connectivity index (χ1v) is 7.72. The molecule has 1 aromatic rings. The van der Waals surface area contributed by atoms with Crippen molar-refractivity contribution in [1.29, 1.82) is 0 Å². The number of benzene rings is 1. The first kappa shape index (κ1) is 15.8. The van der Waals surface area contributed by atoms with Crippen LogP contribution in [0, 0.1) is 16.6 Å². The Balaban J connectivity index is 2.01. The molecule has 0 bridgehead atoms. The van der Waals surface area contributed by atoms with Crippen molar-refractivity contribution in [2.75, 3.05) is 0 Å². The lowest BCUT2D eigenvalue weighted by molar-refractivity contribution is 0.0844. The van der Waals surface area contributed by atoms with Gasteiger partial charge in [0, 0.05) is 23.2 Å². The minimum Gasteiger partial charge on any atom is -0.310 e. The Morgan fingerprint density at radius 3 is 2.40 bits per heavy atom. The molecule has 1 aliphatic rings. The Morgan fingerprint density at radius 1 is 1.20 bits per heavy atom. The summed E-state index contributed by atoms with van der Waals surface area (Å²) in [6.45, 7) is 9.83. The van der Waals surface area contributed by atoms with Gasteiger partial charge in [0.15, 0.2) is 0 Å². The number of rotatable bonds is 3. The fraction of sp³-hybridized carbons (Fsp3) is 0.647. The van der Waals surface area contributed by atoms with E-state index in [2.05, 4.69) is 33.0 Å². The van der Waals surface area contributed by atoms with Crippen LogP contribution in [0.2, 0.25) is 5.02 Å². The van der Waals surface area contributed by atoms with E-state index < -0.39 is 0 Å². The van der Waals surface area contributed by atoms with Crippen molar-refractivity contribution in [3.05, 3.63) is 34.6 Å². The molecule has 0 amide bonds. The van der Waals surface area contributed by atoms with Gasteiger partial charge in [-0.3, -0.25) is 0 Å². The van der Waals surface area contributed by atoms with E-state index in [0.717, 1.165) is 12.8 Å². The molecule has 0 aromatic heterocycles. The van der Waals surface area contributed by atoms with Gasteiger partial charge in [0.25, 0.3) is 0 Å². The molecule has 0 unspecified atom stereocenters. The van der Waals surface area contributed by atoms with E-state index in [-0.39, 0.29) is 5.82 Å². The maximum absolute atomic E-state index is 13.7. The van der Waals surface area contributed by atoms with Crippen LogP contribution in [0.4, 0.5) is 4.39 Å². The van der Waals surface area contributed by atoms with Crippen LogP contribution in [0.5, 0.6) is 0 Å². The molecule has 0 saturated heterocycles. The van der Waals surface area contributed by atoms with Crippen molar-refractivity contribution < 1.29 is 4.39 Å². The highest BCUT2D eigenvalue weighted by atomic mass is 35.5. The van der Waals surface area contributed by atoms with Crippen molar-refractivity contribution >= 4 is 11.6 Å². The van der Waals surface area contributed by atoms with Crippen LogP contribution in [0.3, 0.4) is 0 Å². The average molecular weight is 298 g/mol. The molecule has 1 fully saturated rings. The molecule has 1 nitrogen and oxygen atoms in total. The largest absolute Gasteiger partial charge is 0.310 e. The molecule has 1 aliphatic carbocycles. The van der Waals surface area contributed by atoms with Gasteiger partial charge in [-0.15, -0.1) is 0 Å². The Kier molecular flexibility index (Phi) is 4.46. The van der Waals surface area contributed by atoms with Gasteiger partial charge in [-0.2, -0.15) is 0 Å². The minimum atomic E-state index is -0.184. The molecule has 0 atom stereocenters. The van der Waals surface area contributed by atoms with Gasteiger partial charge < -0.3 is 5.32 Å². The SMILES string of the molecule is CC1(C)CC(NCc2cc(Cl)ccc2F)CC(C)(C)C1. The van der Waals surface area contributed by atoms with Crippen molar-refractivity contribution in [2.24, 2.45) is 10.8 Å². The molecular weight excluding hydrogens is 273 g/mol. The number of nitrogens with one attached hydrogen (secondary N) is 1. The summed E-state index contributed by atoms with van der Waals surface area (Å²) < 4.78 is 13.7. The van der Waals surface area contributed by atoms with Gasteiger partial charge in [0.05, 0.1) is 0 Å². The highest BCUT2D eigenvalue weighted by Crippen LogP contribution is 2.45. The Hall–Kier alpha value is -0.600. The molecule has 1 aromatic carbocycles. The van der Waals surface area contributed by atoms with Crippen molar-refractivity contribution in [1.82, 2.24) is 5.32 Å². The molecule has 0 heterocycles. The summed E-state index contributed by atoms with van der Waals surface area (Å²) in [5.41, 5.74) is 1.33. The molecule has 0 spiro atoms. The quantitative estimate of drug-likeness (QED) is 0.811. The summed E-state index contributed by atoms with van der Waals surface area (Å²) in [6.07, 6.45) is 3.51. The molecule has 3 heteroatoms. The lowest BCUT2D eigenvalue weighted by Gasteiger charge is -2.45. The number of halogens is 2. The summed E-state index contributed by atoms with van der Waals surface area (Å²) in [7, 11) is 0. The third-order valence-corrected chi connectivity index (χ3v) is 4.38. The lowest BCUT2D eigenvalue weighted by Crippen LogP contribution is -2.43. The van der Waals surface area contributed by atoms with Crippen LogP contribution in [0.25, 0.3) is 0 Å². The van der Waals surface area contributed by atoms with E-state index in [9.17, 15) is 4.39 Å². The second-order valence-corrected chi connectivity index (χ2v) is 8.16. The Bertz CT molecular complexity index is 466. The summed E-state index contributed by atoms with van der Waals surface area (Å²) in [4.78, 5) is 0. The second-order valence-electron chi connectivity index (χ2n) is 7.73. The van der Waals surface area contributed by atoms with Crippen LogP contribution >= 0.6 is 11.6 Å². The summed E-state index contributed by atoms with van der Waals surface area (Å²) in [6, 6.07) is 5.18. The fourth-order valence-corrected chi connectivity index (χ4v) is 4.12. The van der Waals surface area contributed by atoms with Gasteiger partial charge in [-0.05, 0) is 48.3 Å². The highest BCUT2D eigenvalue weighted by molar-refractivity contribution is 6.30. The van der Waals surface area contributed by atoms with Crippen LogP contribution in [-0.2, 0) is 6.54 Å². The molecule has 0 radical (unpaired) electrons. The number of hydrogen-bond donors (Lipinski definition) is 1. The van der Waals surface area contributed by atoms with Crippen molar-refractivity contribution in [2.45, 2.75) is 59.5 Å². The number of hydrogen-bond acceptors (Lipinski definition) is 1. The molecule has 0 aliphatic heterocycles. The summed E-state index contributed by atoms with van der Waals surface area (Å²) >= 11 is 5.93. The van der Waals surface area contributed by atoms with Crippen LogP contribution in [0.1, 0.15) is 52.5 Å². The maximum atomic E-state index is 13.7. The zero-order valence-corrected chi connectivity index (χ0v) is 13.6. The van der Waals surface area contributed by atoms with Crippen molar-refractivity contribution in [3.63, 3.8) is 0 Å². The normalized spacial score (nSPS) is 21.9. The van der Waals surface area contributed by atoms with E-state index >= 15 is 0 Å². The van der Waals surface area contributed by atoms with Gasteiger partial charge in [0.2, 0.25) is 0 Å².